The Hall–Kier alpha value is -3.34. The highest BCUT2D eigenvalue weighted by Gasteiger charge is 2.16. The van der Waals surface area contributed by atoms with Gasteiger partial charge in [0, 0.05) is 16.5 Å². The van der Waals surface area contributed by atoms with Crippen LogP contribution in [0.2, 0.25) is 0 Å². The minimum Gasteiger partial charge on any atom is -0.491 e. The summed E-state index contributed by atoms with van der Waals surface area (Å²) in [6, 6.07) is 15.0. The molecule has 0 bridgehead atoms. The Morgan fingerprint density at radius 2 is 1.37 bits per heavy atom. The van der Waals surface area contributed by atoms with Crippen LogP contribution in [0, 0.1) is 23.3 Å². The molecule has 0 aliphatic rings. The van der Waals surface area contributed by atoms with Gasteiger partial charge >= 0.3 is 0 Å². The van der Waals surface area contributed by atoms with Gasteiger partial charge in [0.05, 0.1) is 7.11 Å². The van der Waals surface area contributed by atoms with E-state index in [1.165, 1.54) is 18.2 Å². The minimum atomic E-state index is -0.928. The Labute approximate surface area is 171 Å². The molecule has 4 rings (SSSR count). The molecule has 152 valence electrons. The van der Waals surface area contributed by atoms with E-state index in [2.05, 4.69) is 4.74 Å². The molecule has 0 aliphatic carbocycles. The molecule has 5 heteroatoms. The van der Waals surface area contributed by atoms with E-state index in [0.29, 0.717) is 10.9 Å². The van der Waals surface area contributed by atoms with E-state index in [1.807, 2.05) is 19.1 Å². The molecule has 0 atom stereocenters. The van der Waals surface area contributed by atoms with Crippen molar-refractivity contribution in [1.82, 2.24) is 0 Å². The summed E-state index contributed by atoms with van der Waals surface area (Å²) in [5, 5.41) is 1.23. The molecule has 30 heavy (non-hydrogen) atoms. The van der Waals surface area contributed by atoms with Gasteiger partial charge in [-0.3, -0.25) is 0 Å². The van der Waals surface area contributed by atoms with Crippen molar-refractivity contribution in [2.24, 2.45) is 0 Å². The standard InChI is InChI=1S/C25H18F4O/c1-3-14-4-7-19-15(10-14)6-9-20(24(19)29)16-5-8-18(21(26)11-16)17-12-22(27)25(30-2)23(28)13-17/h4-13H,3H2,1-2H3. The smallest absolute Gasteiger partial charge is 0.190 e. The predicted molar refractivity (Wildman–Crippen MR) is 111 cm³/mol. The highest BCUT2D eigenvalue weighted by molar-refractivity contribution is 5.89. The zero-order chi connectivity index (χ0) is 21.4. The number of hydrogen-bond acceptors (Lipinski definition) is 1. The number of aryl methyl sites for hydroxylation is 1. The van der Waals surface area contributed by atoms with Gasteiger partial charge in [-0.15, -0.1) is 0 Å². The molecule has 0 aliphatic heterocycles. The first-order valence-corrected chi connectivity index (χ1v) is 9.47. The van der Waals surface area contributed by atoms with Crippen LogP contribution in [-0.4, -0.2) is 7.11 Å². The molecule has 0 heterocycles. The first-order chi connectivity index (χ1) is 14.4. The fourth-order valence-electron chi connectivity index (χ4n) is 3.61. The SMILES string of the molecule is CCc1ccc2c(F)c(-c3ccc(-c4cc(F)c(OC)c(F)c4)c(F)c3)ccc2c1. The van der Waals surface area contributed by atoms with Crippen molar-refractivity contribution in [3.63, 3.8) is 0 Å². The van der Waals surface area contributed by atoms with Crippen molar-refractivity contribution in [2.75, 3.05) is 7.11 Å². The van der Waals surface area contributed by atoms with Crippen LogP contribution < -0.4 is 4.74 Å². The van der Waals surface area contributed by atoms with Gasteiger partial charge in [0.2, 0.25) is 0 Å². The number of methoxy groups -OCH3 is 1. The van der Waals surface area contributed by atoms with Gasteiger partial charge in [0.1, 0.15) is 11.6 Å². The third-order valence-corrected chi connectivity index (χ3v) is 5.22. The van der Waals surface area contributed by atoms with Crippen molar-refractivity contribution < 1.29 is 22.3 Å². The topological polar surface area (TPSA) is 9.23 Å². The third-order valence-electron chi connectivity index (χ3n) is 5.22. The summed E-state index contributed by atoms with van der Waals surface area (Å²) < 4.78 is 62.5. The molecular weight excluding hydrogens is 392 g/mol. The summed E-state index contributed by atoms with van der Waals surface area (Å²) in [7, 11) is 1.15. The molecule has 0 fully saturated rings. The first kappa shape index (κ1) is 20.0. The highest BCUT2D eigenvalue weighted by atomic mass is 19.1. The van der Waals surface area contributed by atoms with Crippen LogP contribution in [0.25, 0.3) is 33.0 Å². The summed E-state index contributed by atoms with van der Waals surface area (Å²) in [5.74, 6) is -3.53. The fourth-order valence-corrected chi connectivity index (χ4v) is 3.61. The Morgan fingerprint density at radius 3 is 2.00 bits per heavy atom. The molecule has 4 aromatic rings. The highest BCUT2D eigenvalue weighted by Crippen LogP contribution is 2.34. The second kappa shape index (κ2) is 7.82. The second-order valence-corrected chi connectivity index (χ2v) is 7.00. The molecule has 0 spiro atoms. The lowest BCUT2D eigenvalue weighted by Crippen LogP contribution is -1.95. The maximum atomic E-state index is 15.1. The number of hydrogen-bond donors (Lipinski definition) is 0. The van der Waals surface area contributed by atoms with Gasteiger partial charge in [0.15, 0.2) is 17.4 Å². The van der Waals surface area contributed by atoms with Crippen LogP contribution in [-0.2, 0) is 6.42 Å². The van der Waals surface area contributed by atoms with Crippen LogP contribution in [0.1, 0.15) is 12.5 Å². The second-order valence-electron chi connectivity index (χ2n) is 7.00. The van der Waals surface area contributed by atoms with E-state index >= 15 is 4.39 Å². The summed E-state index contributed by atoms with van der Waals surface area (Å²) in [5.41, 5.74) is 1.73. The Balaban J connectivity index is 1.78. The van der Waals surface area contributed by atoms with Gasteiger partial charge in [-0.2, -0.15) is 0 Å². The lowest BCUT2D eigenvalue weighted by molar-refractivity contribution is 0.360. The van der Waals surface area contributed by atoms with Crippen LogP contribution in [0.15, 0.2) is 60.7 Å². The molecule has 0 saturated carbocycles. The number of fused-ring (bicyclic) bond motifs is 1. The molecular formula is C25H18F4O. The maximum Gasteiger partial charge on any atom is 0.190 e. The Bertz CT molecular complexity index is 1240. The van der Waals surface area contributed by atoms with Gasteiger partial charge in [0.25, 0.3) is 0 Å². The van der Waals surface area contributed by atoms with Gasteiger partial charge < -0.3 is 4.74 Å². The van der Waals surface area contributed by atoms with Crippen molar-refractivity contribution in [2.45, 2.75) is 13.3 Å². The molecule has 0 saturated heterocycles. The largest absolute Gasteiger partial charge is 0.491 e. The fraction of sp³-hybridized carbons (Fsp3) is 0.120. The van der Waals surface area contributed by atoms with Crippen molar-refractivity contribution in [3.8, 4) is 28.0 Å². The summed E-state index contributed by atoms with van der Waals surface area (Å²) >= 11 is 0. The predicted octanol–water partition coefficient (Wildman–Crippen LogP) is 7.30. The zero-order valence-corrected chi connectivity index (χ0v) is 16.4. The van der Waals surface area contributed by atoms with Crippen LogP contribution in [0.4, 0.5) is 17.6 Å². The Kier molecular flexibility index (Phi) is 5.20. The summed E-state index contributed by atoms with van der Waals surface area (Å²) in [6.07, 6.45) is 0.846. The molecule has 1 nitrogen and oxygen atoms in total. The van der Waals surface area contributed by atoms with Crippen molar-refractivity contribution >= 4 is 10.8 Å². The lowest BCUT2D eigenvalue weighted by atomic mass is 9.96. The van der Waals surface area contributed by atoms with E-state index in [1.54, 1.807) is 18.2 Å². The maximum absolute atomic E-state index is 15.1. The number of ether oxygens (including phenoxy) is 1. The van der Waals surface area contributed by atoms with Crippen LogP contribution >= 0.6 is 0 Å². The number of halogens is 4. The van der Waals surface area contributed by atoms with Crippen molar-refractivity contribution in [1.29, 1.82) is 0 Å². The molecule has 4 aromatic carbocycles. The number of benzene rings is 4. The monoisotopic (exact) mass is 410 g/mol. The quantitative estimate of drug-likeness (QED) is 0.321. The van der Waals surface area contributed by atoms with Crippen molar-refractivity contribution in [3.05, 3.63) is 89.5 Å². The van der Waals surface area contributed by atoms with E-state index in [9.17, 15) is 13.2 Å². The summed E-state index contributed by atoms with van der Waals surface area (Å²) in [6.45, 7) is 2.02. The third kappa shape index (κ3) is 3.41. The van der Waals surface area contributed by atoms with E-state index in [-0.39, 0.29) is 16.7 Å². The van der Waals surface area contributed by atoms with Gasteiger partial charge in [-0.25, -0.2) is 17.6 Å². The number of rotatable bonds is 4. The van der Waals surface area contributed by atoms with E-state index in [0.717, 1.165) is 36.6 Å². The average Bonchev–Trinajstić information content (AvgIpc) is 2.73. The van der Waals surface area contributed by atoms with E-state index in [4.69, 9.17) is 0 Å². The Morgan fingerprint density at radius 1 is 0.700 bits per heavy atom. The lowest BCUT2D eigenvalue weighted by Gasteiger charge is -2.11. The molecule has 0 aromatic heterocycles. The normalized spacial score (nSPS) is 11.1. The summed E-state index contributed by atoms with van der Waals surface area (Å²) in [4.78, 5) is 0. The van der Waals surface area contributed by atoms with Gasteiger partial charge in [-0.05, 0) is 46.7 Å². The van der Waals surface area contributed by atoms with Crippen LogP contribution in [0.5, 0.6) is 5.75 Å². The van der Waals surface area contributed by atoms with Crippen LogP contribution in [0.3, 0.4) is 0 Å². The molecule has 0 radical (unpaired) electrons. The average molecular weight is 410 g/mol. The zero-order valence-electron chi connectivity index (χ0n) is 16.4. The minimum absolute atomic E-state index is 0.00740. The molecule has 0 amide bonds. The first-order valence-electron chi connectivity index (χ1n) is 9.47. The molecule has 0 unspecified atom stereocenters. The van der Waals surface area contributed by atoms with Gasteiger partial charge in [-0.1, -0.05) is 49.4 Å². The molecule has 0 N–H and O–H groups in total. The van der Waals surface area contributed by atoms with E-state index < -0.39 is 29.0 Å².